The molecule has 1 heterocycles. The van der Waals surface area contributed by atoms with Crippen LogP contribution in [-0.4, -0.2) is 54.4 Å². The van der Waals surface area contributed by atoms with Gasteiger partial charge in [0.15, 0.2) is 22.5 Å². The SMILES string of the molecule is COCCCn1c(SCC(=O)Nc2ccc(F)c(Cl)c2)nnc1-c1ccc(OC)c(OC)c1. The van der Waals surface area contributed by atoms with Crippen LogP contribution in [-0.2, 0) is 16.1 Å². The summed E-state index contributed by atoms with van der Waals surface area (Å²) in [6.07, 6.45) is 0.739. The molecule has 2 aromatic carbocycles. The van der Waals surface area contributed by atoms with Gasteiger partial charge in [-0.2, -0.15) is 0 Å². The quantitative estimate of drug-likeness (QED) is 0.309. The van der Waals surface area contributed by atoms with Gasteiger partial charge in [-0.25, -0.2) is 4.39 Å². The van der Waals surface area contributed by atoms with E-state index in [4.69, 9.17) is 25.8 Å². The standard InChI is InChI=1S/C22H24ClFN4O4S/c1-30-10-4-9-28-21(14-5-8-18(31-2)19(11-14)32-3)26-27-22(28)33-13-20(29)25-15-6-7-17(24)16(23)12-15/h5-8,11-12H,4,9-10,13H2,1-3H3,(H,25,29). The molecule has 0 bridgehead atoms. The van der Waals surface area contributed by atoms with Gasteiger partial charge < -0.3 is 24.1 Å². The highest BCUT2D eigenvalue weighted by Crippen LogP contribution is 2.33. The van der Waals surface area contributed by atoms with Gasteiger partial charge in [0.2, 0.25) is 5.91 Å². The Morgan fingerprint density at radius 2 is 1.91 bits per heavy atom. The summed E-state index contributed by atoms with van der Waals surface area (Å²) in [4.78, 5) is 12.4. The van der Waals surface area contributed by atoms with Crippen molar-refractivity contribution in [2.24, 2.45) is 0 Å². The second kappa shape index (κ2) is 11.9. The number of ether oxygens (including phenoxy) is 3. The second-order valence-electron chi connectivity index (χ2n) is 6.84. The van der Waals surface area contributed by atoms with Crippen molar-refractivity contribution in [3.05, 3.63) is 47.2 Å². The van der Waals surface area contributed by atoms with Gasteiger partial charge in [0, 0.05) is 31.5 Å². The summed E-state index contributed by atoms with van der Waals surface area (Å²) in [5.74, 6) is 1.09. The molecule has 3 rings (SSSR count). The number of amides is 1. The van der Waals surface area contributed by atoms with E-state index in [-0.39, 0.29) is 16.7 Å². The highest BCUT2D eigenvalue weighted by atomic mass is 35.5. The smallest absolute Gasteiger partial charge is 0.234 e. The van der Waals surface area contributed by atoms with Gasteiger partial charge in [0.1, 0.15) is 5.82 Å². The van der Waals surface area contributed by atoms with Crippen molar-refractivity contribution in [1.82, 2.24) is 14.8 Å². The lowest BCUT2D eigenvalue weighted by molar-refractivity contribution is -0.113. The van der Waals surface area contributed by atoms with Crippen molar-refractivity contribution >= 4 is 35.0 Å². The first-order chi connectivity index (χ1) is 16.0. The molecule has 0 aliphatic carbocycles. The van der Waals surface area contributed by atoms with Crippen LogP contribution >= 0.6 is 23.4 Å². The van der Waals surface area contributed by atoms with Crippen LogP contribution in [0.15, 0.2) is 41.6 Å². The minimum Gasteiger partial charge on any atom is -0.493 e. The van der Waals surface area contributed by atoms with Crippen molar-refractivity contribution in [3.8, 4) is 22.9 Å². The molecule has 3 aromatic rings. The molecule has 0 aliphatic rings. The number of nitrogens with one attached hydrogen (secondary N) is 1. The number of nitrogens with zero attached hydrogens (tertiary/aromatic N) is 3. The third kappa shape index (κ3) is 6.37. The molecular formula is C22H24ClFN4O4S. The number of methoxy groups -OCH3 is 3. The number of hydrogen-bond acceptors (Lipinski definition) is 7. The number of thioether (sulfide) groups is 1. The second-order valence-corrected chi connectivity index (χ2v) is 8.19. The Bertz CT molecular complexity index is 1110. The summed E-state index contributed by atoms with van der Waals surface area (Å²) < 4.78 is 31.1. The Hall–Kier alpha value is -2.82. The minimum atomic E-state index is -0.545. The normalized spacial score (nSPS) is 10.8. The van der Waals surface area contributed by atoms with Gasteiger partial charge in [0.25, 0.3) is 0 Å². The number of aromatic nitrogens is 3. The first-order valence-electron chi connectivity index (χ1n) is 9.99. The summed E-state index contributed by atoms with van der Waals surface area (Å²) >= 11 is 7.02. The van der Waals surface area contributed by atoms with E-state index in [2.05, 4.69) is 15.5 Å². The first kappa shape index (κ1) is 24.8. The zero-order valence-electron chi connectivity index (χ0n) is 18.4. The molecule has 11 heteroatoms. The highest BCUT2D eigenvalue weighted by molar-refractivity contribution is 7.99. The van der Waals surface area contributed by atoms with Gasteiger partial charge in [-0.1, -0.05) is 23.4 Å². The monoisotopic (exact) mass is 494 g/mol. The summed E-state index contributed by atoms with van der Waals surface area (Å²) in [5, 5.41) is 11.9. The van der Waals surface area contributed by atoms with Crippen LogP contribution in [0.25, 0.3) is 11.4 Å². The van der Waals surface area contributed by atoms with E-state index in [1.165, 1.54) is 30.0 Å². The van der Waals surface area contributed by atoms with E-state index in [1.807, 2.05) is 16.7 Å². The fraction of sp³-hybridized carbons (Fsp3) is 0.318. The number of carbonyl (C=O) groups excluding carboxylic acids is 1. The van der Waals surface area contributed by atoms with Crippen LogP contribution in [0.3, 0.4) is 0 Å². The minimum absolute atomic E-state index is 0.0575. The van der Waals surface area contributed by atoms with Crippen LogP contribution in [0.5, 0.6) is 11.5 Å². The Kier molecular flexibility index (Phi) is 8.93. The average molecular weight is 495 g/mol. The maximum atomic E-state index is 13.3. The van der Waals surface area contributed by atoms with Crippen LogP contribution in [0.4, 0.5) is 10.1 Å². The molecule has 1 aromatic heterocycles. The van der Waals surface area contributed by atoms with Crippen molar-refractivity contribution in [2.45, 2.75) is 18.1 Å². The number of benzene rings is 2. The zero-order valence-corrected chi connectivity index (χ0v) is 20.0. The lowest BCUT2D eigenvalue weighted by Gasteiger charge is -2.12. The Morgan fingerprint density at radius 1 is 1.12 bits per heavy atom. The van der Waals surface area contributed by atoms with Gasteiger partial charge in [-0.3, -0.25) is 4.79 Å². The molecule has 1 amide bonds. The number of halogens is 2. The van der Waals surface area contributed by atoms with Gasteiger partial charge in [-0.15, -0.1) is 10.2 Å². The van der Waals surface area contributed by atoms with Crippen LogP contribution < -0.4 is 14.8 Å². The third-order valence-electron chi connectivity index (χ3n) is 4.62. The van der Waals surface area contributed by atoms with E-state index < -0.39 is 5.82 Å². The highest BCUT2D eigenvalue weighted by Gasteiger charge is 2.17. The fourth-order valence-corrected chi connectivity index (χ4v) is 4.00. The van der Waals surface area contributed by atoms with Gasteiger partial charge in [0.05, 0.1) is 25.0 Å². The molecule has 1 N–H and O–H groups in total. The van der Waals surface area contributed by atoms with Crippen molar-refractivity contribution in [1.29, 1.82) is 0 Å². The summed E-state index contributed by atoms with van der Waals surface area (Å²) in [5.41, 5.74) is 1.22. The molecule has 176 valence electrons. The van der Waals surface area contributed by atoms with Crippen molar-refractivity contribution in [2.75, 3.05) is 39.0 Å². The average Bonchev–Trinajstić information content (AvgIpc) is 3.22. The van der Waals surface area contributed by atoms with E-state index in [0.29, 0.717) is 41.3 Å². The Balaban J connectivity index is 1.78. The molecule has 0 radical (unpaired) electrons. The number of carbonyl (C=O) groups is 1. The fourth-order valence-electron chi connectivity index (χ4n) is 3.05. The Morgan fingerprint density at radius 3 is 2.61 bits per heavy atom. The van der Waals surface area contributed by atoms with Crippen molar-refractivity contribution < 1.29 is 23.4 Å². The number of anilines is 1. The van der Waals surface area contributed by atoms with Crippen LogP contribution in [0.1, 0.15) is 6.42 Å². The zero-order chi connectivity index (χ0) is 23.8. The summed E-state index contributed by atoms with van der Waals surface area (Å²) in [7, 11) is 4.78. The molecule has 0 spiro atoms. The predicted molar refractivity (Wildman–Crippen MR) is 126 cm³/mol. The molecule has 8 nitrogen and oxygen atoms in total. The maximum Gasteiger partial charge on any atom is 0.234 e. The molecule has 33 heavy (non-hydrogen) atoms. The summed E-state index contributed by atoms with van der Waals surface area (Å²) in [6.45, 7) is 1.17. The molecule has 0 aliphatic heterocycles. The van der Waals surface area contributed by atoms with E-state index >= 15 is 0 Å². The largest absolute Gasteiger partial charge is 0.493 e. The maximum absolute atomic E-state index is 13.3. The molecular weight excluding hydrogens is 471 g/mol. The molecule has 0 saturated carbocycles. The van der Waals surface area contributed by atoms with Crippen LogP contribution in [0, 0.1) is 5.82 Å². The number of hydrogen-bond donors (Lipinski definition) is 1. The molecule has 0 fully saturated rings. The molecule has 0 atom stereocenters. The molecule has 0 unspecified atom stereocenters. The van der Waals surface area contributed by atoms with E-state index in [9.17, 15) is 9.18 Å². The lowest BCUT2D eigenvalue weighted by Crippen LogP contribution is -2.15. The van der Waals surface area contributed by atoms with E-state index in [0.717, 1.165) is 12.0 Å². The predicted octanol–water partition coefficient (Wildman–Crippen LogP) is 4.52. The van der Waals surface area contributed by atoms with Crippen molar-refractivity contribution in [3.63, 3.8) is 0 Å². The van der Waals surface area contributed by atoms with Gasteiger partial charge >= 0.3 is 0 Å². The molecule has 0 saturated heterocycles. The first-order valence-corrected chi connectivity index (χ1v) is 11.4. The lowest BCUT2D eigenvalue weighted by atomic mass is 10.2. The van der Waals surface area contributed by atoms with E-state index in [1.54, 1.807) is 27.4 Å². The third-order valence-corrected chi connectivity index (χ3v) is 5.88. The van der Waals surface area contributed by atoms with Gasteiger partial charge in [-0.05, 0) is 42.8 Å². The van der Waals surface area contributed by atoms with Crippen LogP contribution in [0.2, 0.25) is 5.02 Å². The Labute approximate surface area is 200 Å². The summed E-state index contributed by atoms with van der Waals surface area (Å²) in [6, 6.07) is 9.52. The topological polar surface area (TPSA) is 87.5 Å². The number of rotatable bonds is 11.